The van der Waals surface area contributed by atoms with Crippen molar-refractivity contribution in [2.24, 2.45) is 15.8 Å². The van der Waals surface area contributed by atoms with Gasteiger partial charge in [-0.2, -0.15) is 0 Å². The summed E-state index contributed by atoms with van der Waals surface area (Å²) in [5, 5.41) is 6.13. The molecule has 0 saturated carbocycles. The van der Waals surface area contributed by atoms with Crippen molar-refractivity contribution in [1.29, 1.82) is 0 Å². The van der Waals surface area contributed by atoms with Gasteiger partial charge in [-0.1, -0.05) is 20.3 Å². The quantitative estimate of drug-likeness (QED) is 0.370. The first-order chi connectivity index (χ1) is 10.8. The van der Waals surface area contributed by atoms with E-state index in [1.807, 2.05) is 13.8 Å². The molecule has 0 aromatic rings. The molecule has 1 rings (SSSR count). The van der Waals surface area contributed by atoms with Crippen molar-refractivity contribution >= 4 is 35.8 Å². The molecule has 0 bridgehead atoms. The third kappa shape index (κ3) is 6.76. The number of amides is 1. The normalized spacial score (nSPS) is 21.9. The lowest BCUT2D eigenvalue weighted by atomic mass is 9.78. The molecule has 1 amide bonds. The van der Waals surface area contributed by atoms with Gasteiger partial charge in [-0.25, -0.2) is 0 Å². The molecule has 1 unspecified atom stereocenters. The van der Waals surface area contributed by atoms with Crippen molar-refractivity contribution in [3.8, 4) is 0 Å². The Kier molecular flexibility index (Phi) is 10.2. The molecule has 5 nitrogen and oxygen atoms in total. The summed E-state index contributed by atoms with van der Waals surface area (Å²) in [7, 11) is 1.68. The fraction of sp³-hybridized carbons (Fsp3) is 0.889. The first-order valence-corrected chi connectivity index (χ1v) is 9.03. The lowest BCUT2D eigenvalue weighted by molar-refractivity contribution is -0.128. The summed E-state index contributed by atoms with van der Waals surface area (Å²) in [5.41, 5.74) is -0.114. The molecule has 1 aliphatic rings. The fourth-order valence-corrected chi connectivity index (χ4v) is 3.41. The van der Waals surface area contributed by atoms with Crippen LogP contribution in [0.5, 0.6) is 0 Å². The monoisotopic (exact) mass is 452 g/mol. The Morgan fingerprint density at radius 1 is 1.33 bits per heavy atom. The molecule has 0 aromatic carbocycles. The van der Waals surface area contributed by atoms with Gasteiger partial charge in [0, 0.05) is 26.7 Å². The number of aliphatic imine (C=N–C) groups is 1. The number of hydrogen-bond acceptors (Lipinski definition) is 2. The average Bonchev–Trinajstić information content (AvgIpc) is 2.50. The molecule has 1 saturated heterocycles. The molecule has 2 N–H and O–H groups in total. The number of likely N-dealkylation sites (tertiary alicyclic amines) is 1. The van der Waals surface area contributed by atoms with E-state index in [1.54, 1.807) is 7.05 Å². The summed E-state index contributed by atoms with van der Waals surface area (Å²) >= 11 is 0. The van der Waals surface area contributed by atoms with E-state index in [-0.39, 0.29) is 29.9 Å². The third-order valence-electron chi connectivity index (χ3n) is 4.73. The van der Waals surface area contributed by atoms with Crippen LogP contribution in [0.2, 0.25) is 0 Å². The number of guanidine groups is 1. The van der Waals surface area contributed by atoms with Crippen molar-refractivity contribution in [1.82, 2.24) is 15.5 Å². The van der Waals surface area contributed by atoms with E-state index in [1.165, 1.54) is 25.7 Å². The summed E-state index contributed by atoms with van der Waals surface area (Å²) < 4.78 is 0. The van der Waals surface area contributed by atoms with E-state index < -0.39 is 5.41 Å². The summed E-state index contributed by atoms with van der Waals surface area (Å²) in [6, 6.07) is 0. The number of nitrogens with zero attached hydrogens (tertiary/aromatic N) is 2. The van der Waals surface area contributed by atoms with E-state index in [2.05, 4.69) is 36.3 Å². The van der Waals surface area contributed by atoms with E-state index >= 15 is 0 Å². The van der Waals surface area contributed by atoms with Gasteiger partial charge in [-0.3, -0.25) is 9.79 Å². The van der Waals surface area contributed by atoms with Crippen LogP contribution >= 0.6 is 24.0 Å². The van der Waals surface area contributed by atoms with Crippen molar-refractivity contribution in [2.45, 2.75) is 60.3 Å². The number of hydrogen-bond donors (Lipinski definition) is 2. The zero-order chi connectivity index (χ0) is 17.5. The molecule has 0 spiro atoms. The van der Waals surface area contributed by atoms with E-state index in [0.717, 1.165) is 25.6 Å². The highest BCUT2D eigenvalue weighted by Crippen LogP contribution is 2.34. The number of nitrogens with one attached hydrogen (secondary N) is 2. The van der Waals surface area contributed by atoms with Crippen molar-refractivity contribution in [2.75, 3.05) is 33.2 Å². The van der Waals surface area contributed by atoms with Crippen LogP contribution < -0.4 is 10.6 Å². The first kappa shape index (κ1) is 23.5. The zero-order valence-corrected chi connectivity index (χ0v) is 18.7. The van der Waals surface area contributed by atoms with Gasteiger partial charge in [0.1, 0.15) is 0 Å². The Morgan fingerprint density at radius 3 is 2.54 bits per heavy atom. The lowest BCUT2D eigenvalue weighted by Crippen LogP contribution is -2.50. The third-order valence-corrected chi connectivity index (χ3v) is 4.73. The zero-order valence-electron chi connectivity index (χ0n) is 16.4. The molecule has 0 aliphatic carbocycles. The predicted octanol–water partition coefficient (Wildman–Crippen LogP) is 3.24. The van der Waals surface area contributed by atoms with Crippen LogP contribution in [0.4, 0.5) is 0 Å². The second-order valence-corrected chi connectivity index (χ2v) is 7.72. The van der Waals surface area contributed by atoms with Crippen molar-refractivity contribution in [3.63, 3.8) is 0 Å². The largest absolute Gasteiger partial charge is 0.359 e. The summed E-state index contributed by atoms with van der Waals surface area (Å²) in [5.74, 6) is 0.984. The minimum Gasteiger partial charge on any atom is -0.359 e. The second-order valence-electron chi connectivity index (χ2n) is 7.72. The second kappa shape index (κ2) is 10.5. The van der Waals surface area contributed by atoms with Gasteiger partial charge in [0.05, 0.1) is 12.0 Å². The van der Waals surface area contributed by atoms with Gasteiger partial charge in [0.15, 0.2) is 5.96 Å². The maximum absolute atomic E-state index is 12.0. The van der Waals surface area contributed by atoms with E-state index in [4.69, 9.17) is 4.99 Å². The highest BCUT2D eigenvalue weighted by molar-refractivity contribution is 14.0. The van der Waals surface area contributed by atoms with Gasteiger partial charge in [-0.15, -0.1) is 24.0 Å². The summed E-state index contributed by atoms with van der Waals surface area (Å²) in [6.45, 7) is 14.1. The van der Waals surface area contributed by atoms with Crippen molar-refractivity contribution in [3.05, 3.63) is 0 Å². The minimum absolute atomic E-state index is 0. The Morgan fingerprint density at radius 2 is 2.00 bits per heavy atom. The maximum atomic E-state index is 12.0. The molecular weight excluding hydrogens is 415 g/mol. The molecule has 142 valence electrons. The van der Waals surface area contributed by atoms with E-state index in [0.29, 0.717) is 12.0 Å². The molecule has 24 heavy (non-hydrogen) atoms. The molecule has 1 heterocycles. The van der Waals surface area contributed by atoms with Crippen LogP contribution in [-0.2, 0) is 4.79 Å². The van der Waals surface area contributed by atoms with Crippen LogP contribution in [0.3, 0.4) is 0 Å². The maximum Gasteiger partial charge on any atom is 0.227 e. The predicted molar refractivity (Wildman–Crippen MR) is 113 cm³/mol. The average molecular weight is 452 g/mol. The van der Waals surface area contributed by atoms with Crippen LogP contribution in [0.1, 0.15) is 60.3 Å². The van der Waals surface area contributed by atoms with Gasteiger partial charge in [0.25, 0.3) is 0 Å². The van der Waals surface area contributed by atoms with Crippen LogP contribution in [0.25, 0.3) is 0 Å². The first-order valence-electron chi connectivity index (χ1n) is 9.03. The van der Waals surface area contributed by atoms with E-state index in [9.17, 15) is 4.79 Å². The van der Waals surface area contributed by atoms with Crippen molar-refractivity contribution < 1.29 is 4.79 Å². The standard InChI is InChI=1S/C18H36N4O.HI/c1-7-10-18(5)11-9-12-22(14-18)16(20-8-2)21-13-17(3,4)15(23)19-6;/h7-14H2,1-6H3,(H,19,23)(H,20,21);1H. The van der Waals surface area contributed by atoms with Gasteiger partial charge < -0.3 is 15.5 Å². The Labute approximate surface area is 165 Å². The Balaban J connectivity index is 0.00000529. The smallest absolute Gasteiger partial charge is 0.227 e. The van der Waals surface area contributed by atoms with Gasteiger partial charge >= 0.3 is 0 Å². The SMILES string of the molecule is CCCC1(C)CCCN(C(=NCC(C)(C)C(=O)NC)NCC)C1.I. The summed E-state index contributed by atoms with van der Waals surface area (Å²) in [4.78, 5) is 19.1. The minimum atomic E-state index is -0.488. The molecule has 6 heteroatoms. The highest BCUT2D eigenvalue weighted by atomic mass is 127. The topological polar surface area (TPSA) is 56.7 Å². The number of piperidine rings is 1. The van der Waals surface area contributed by atoms with Crippen LogP contribution in [0, 0.1) is 10.8 Å². The lowest BCUT2D eigenvalue weighted by Gasteiger charge is -2.42. The molecule has 1 fully saturated rings. The molecular formula is C18H37IN4O. The fourth-order valence-electron chi connectivity index (χ4n) is 3.41. The van der Waals surface area contributed by atoms with Crippen LogP contribution in [0.15, 0.2) is 4.99 Å². The number of halogens is 1. The molecule has 1 atom stereocenters. The van der Waals surface area contributed by atoms with Gasteiger partial charge in [-0.05, 0) is 45.4 Å². The Bertz CT molecular complexity index is 421. The number of carbonyl (C=O) groups is 1. The van der Waals surface area contributed by atoms with Gasteiger partial charge in [0.2, 0.25) is 5.91 Å². The molecule has 0 radical (unpaired) electrons. The summed E-state index contributed by atoms with van der Waals surface area (Å²) in [6.07, 6.45) is 4.98. The number of carbonyl (C=O) groups excluding carboxylic acids is 1. The molecule has 1 aliphatic heterocycles. The van der Waals surface area contributed by atoms with Crippen LogP contribution in [-0.4, -0.2) is 50.0 Å². The molecule has 0 aromatic heterocycles. The highest BCUT2D eigenvalue weighted by Gasteiger charge is 2.32. The number of rotatable bonds is 6. The Hall–Kier alpha value is -0.530.